The van der Waals surface area contributed by atoms with E-state index in [1.165, 1.54) is 43.7 Å². The molecule has 47 heavy (non-hydrogen) atoms. The Labute approximate surface area is 278 Å². The fourth-order valence-electron chi connectivity index (χ4n) is 6.99. The molecule has 0 fully saturated rings. The molecule has 2 aliphatic heterocycles. The van der Waals surface area contributed by atoms with Crippen LogP contribution in [0.2, 0.25) is 0 Å². The van der Waals surface area contributed by atoms with E-state index in [0.29, 0.717) is 0 Å². The molecule has 0 N–H and O–H groups in total. The fourth-order valence-corrected chi connectivity index (χ4v) is 8.05. The number of para-hydroxylation sites is 4. The van der Waals surface area contributed by atoms with Crippen molar-refractivity contribution in [2.45, 2.75) is 29.1 Å². The zero-order valence-electron chi connectivity index (χ0n) is 26.1. The van der Waals surface area contributed by atoms with Crippen molar-refractivity contribution in [1.29, 1.82) is 0 Å². The summed E-state index contributed by atoms with van der Waals surface area (Å²) in [5, 5.41) is 9.06. The third kappa shape index (κ3) is 4.48. The minimum absolute atomic E-state index is 0.0812. The van der Waals surface area contributed by atoms with Crippen LogP contribution in [0.25, 0.3) is 16.9 Å². The minimum atomic E-state index is -0.0812. The van der Waals surface area contributed by atoms with Gasteiger partial charge in [-0.3, -0.25) is 0 Å². The van der Waals surface area contributed by atoms with Gasteiger partial charge >= 0.3 is 0 Å². The standard InChI is InChI=1S/C41H31N5S/c1-41(2)32-11-3-5-13-35(32)45(36-14-6-4-12-33(36)41)30-21-19-28(20-22-30)34-27-44(43-42-34)29-23-25-31(26-24-29)46-37-15-7-9-17-39(37)47-40-18-10-8-16-38(40)46/h3-27H,1-2H3. The van der Waals surface area contributed by atoms with Crippen LogP contribution in [0.4, 0.5) is 34.1 Å². The SMILES string of the molecule is CC1(C)c2ccccc2N(c2ccc(-c3cn(-c4ccc(N5c6ccccc6Sc6ccccc65)cc4)nn3)cc2)c2ccccc21. The van der Waals surface area contributed by atoms with Crippen LogP contribution in [0.5, 0.6) is 0 Å². The van der Waals surface area contributed by atoms with Gasteiger partial charge in [-0.15, -0.1) is 5.10 Å². The van der Waals surface area contributed by atoms with Crippen molar-refractivity contribution in [3.63, 3.8) is 0 Å². The lowest BCUT2D eigenvalue weighted by molar-refractivity contribution is 0.632. The zero-order chi connectivity index (χ0) is 31.5. The molecule has 7 aromatic rings. The topological polar surface area (TPSA) is 37.2 Å². The number of nitrogens with zero attached hydrogens (tertiary/aromatic N) is 5. The van der Waals surface area contributed by atoms with E-state index >= 15 is 0 Å². The first kappa shape index (κ1) is 27.7. The molecule has 0 aliphatic carbocycles. The second kappa shape index (κ2) is 10.7. The molecule has 0 unspecified atom stereocenters. The molecule has 6 aromatic carbocycles. The van der Waals surface area contributed by atoms with Gasteiger partial charge in [0.1, 0.15) is 5.69 Å². The Bertz CT molecular complexity index is 2170. The van der Waals surface area contributed by atoms with Crippen LogP contribution in [-0.4, -0.2) is 15.0 Å². The lowest BCUT2D eigenvalue weighted by Gasteiger charge is -2.42. The van der Waals surface area contributed by atoms with Crippen molar-refractivity contribution in [2.24, 2.45) is 0 Å². The van der Waals surface area contributed by atoms with E-state index in [9.17, 15) is 0 Å². The highest BCUT2D eigenvalue weighted by molar-refractivity contribution is 7.99. The normalized spacial score (nSPS) is 14.2. The molecular formula is C41H31N5S. The van der Waals surface area contributed by atoms with Crippen LogP contribution in [0.3, 0.4) is 0 Å². The van der Waals surface area contributed by atoms with E-state index in [4.69, 9.17) is 0 Å². The van der Waals surface area contributed by atoms with E-state index in [-0.39, 0.29) is 5.41 Å². The van der Waals surface area contributed by atoms with Crippen LogP contribution in [0.15, 0.2) is 162 Å². The fraction of sp³-hybridized carbons (Fsp3) is 0.0732. The minimum Gasteiger partial charge on any atom is -0.310 e. The van der Waals surface area contributed by atoms with Gasteiger partial charge in [0.2, 0.25) is 0 Å². The van der Waals surface area contributed by atoms with Crippen LogP contribution >= 0.6 is 11.8 Å². The highest BCUT2D eigenvalue weighted by Gasteiger charge is 2.36. The molecule has 3 heterocycles. The third-order valence-corrected chi connectivity index (χ3v) is 10.5. The molecule has 0 spiro atoms. The summed E-state index contributed by atoms with van der Waals surface area (Å²) in [6.07, 6.45) is 2.00. The van der Waals surface area contributed by atoms with Gasteiger partial charge in [0, 0.05) is 32.1 Å². The average molecular weight is 626 g/mol. The van der Waals surface area contributed by atoms with Crippen LogP contribution in [-0.2, 0) is 5.41 Å². The van der Waals surface area contributed by atoms with E-state index in [1.54, 1.807) is 0 Å². The summed E-state index contributed by atoms with van der Waals surface area (Å²) < 4.78 is 1.85. The smallest absolute Gasteiger partial charge is 0.113 e. The summed E-state index contributed by atoms with van der Waals surface area (Å²) in [4.78, 5) is 7.20. The Morgan fingerprint density at radius 2 is 0.936 bits per heavy atom. The molecule has 9 rings (SSSR count). The molecular weight excluding hydrogens is 595 g/mol. The van der Waals surface area contributed by atoms with Gasteiger partial charge in [-0.1, -0.05) is 104 Å². The second-order valence-electron chi connectivity index (χ2n) is 12.5. The van der Waals surface area contributed by atoms with Crippen molar-refractivity contribution in [1.82, 2.24) is 15.0 Å². The van der Waals surface area contributed by atoms with Gasteiger partial charge in [0.15, 0.2) is 0 Å². The van der Waals surface area contributed by atoms with Gasteiger partial charge in [0.05, 0.1) is 34.6 Å². The van der Waals surface area contributed by atoms with Crippen molar-refractivity contribution in [3.05, 3.63) is 163 Å². The molecule has 226 valence electrons. The molecule has 0 amide bonds. The average Bonchev–Trinajstić information content (AvgIpc) is 3.62. The Morgan fingerprint density at radius 1 is 0.489 bits per heavy atom. The Hall–Kier alpha value is -5.59. The zero-order valence-corrected chi connectivity index (χ0v) is 26.9. The molecule has 2 aliphatic rings. The number of benzene rings is 6. The predicted octanol–water partition coefficient (Wildman–Crippen LogP) is 11.0. The number of rotatable bonds is 4. The van der Waals surface area contributed by atoms with Gasteiger partial charge in [-0.2, -0.15) is 0 Å². The predicted molar refractivity (Wildman–Crippen MR) is 192 cm³/mol. The summed E-state index contributed by atoms with van der Waals surface area (Å²) >= 11 is 1.82. The van der Waals surface area contributed by atoms with Gasteiger partial charge < -0.3 is 9.80 Å². The molecule has 5 nitrogen and oxygen atoms in total. The maximum absolute atomic E-state index is 4.55. The van der Waals surface area contributed by atoms with Crippen LogP contribution in [0, 0.1) is 0 Å². The van der Waals surface area contributed by atoms with Crippen molar-refractivity contribution >= 4 is 45.9 Å². The Morgan fingerprint density at radius 3 is 1.51 bits per heavy atom. The lowest BCUT2D eigenvalue weighted by Crippen LogP contribution is -2.30. The summed E-state index contributed by atoms with van der Waals surface area (Å²) in [5.74, 6) is 0. The highest BCUT2D eigenvalue weighted by Crippen LogP contribution is 2.52. The maximum Gasteiger partial charge on any atom is 0.113 e. The number of fused-ring (bicyclic) bond motifs is 4. The summed E-state index contributed by atoms with van der Waals surface area (Å²) in [6, 6.07) is 51.8. The lowest BCUT2D eigenvalue weighted by atomic mass is 9.73. The van der Waals surface area contributed by atoms with E-state index in [1.807, 2.05) is 22.6 Å². The van der Waals surface area contributed by atoms with Crippen LogP contribution in [0.1, 0.15) is 25.0 Å². The molecule has 0 saturated carbocycles. The largest absolute Gasteiger partial charge is 0.310 e. The number of aromatic nitrogens is 3. The first-order chi connectivity index (χ1) is 23.1. The second-order valence-corrected chi connectivity index (χ2v) is 13.6. The van der Waals surface area contributed by atoms with Gasteiger partial charge in [-0.05, 0) is 83.9 Å². The molecule has 0 bridgehead atoms. The van der Waals surface area contributed by atoms with Gasteiger partial charge in [-0.25, -0.2) is 4.68 Å². The maximum atomic E-state index is 4.55. The van der Waals surface area contributed by atoms with Crippen molar-refractivity contribution in [2.75, 3.05) is 9.80 Å². The molecule has 0 atom stereocenters. The Kier molecular flexibility index (Phi) is 6.34. The monoisotopic (exact) mass is 625 g/mol. The summed E-state index contributed by atoms with van der Waals surface area (Å²) in [6.45, 7) is 4.62. The Balaban J connectivity index is 1.01. The van der Waals surface area contributed by atoms with Crippen molar-refractivity contribution in [3.8, 4) is 16.9 Å². The highest BCUT2D eigenvalue weighted by atomic mass is 32.2. The number of hydrogen-bond acceptors (Lipinski definition) is 5. The molecule has 0 radical (unpaired) electrons. The number of anilines is 6. The third-order valence-electron chi connectivity index (χ3n) is 9.36. The first-order valence-electron chi connectivity index (χ1n) is 15.8. The van der Waals surface area contributed by atoms with E-state index in [0.717, 1.165) is 28.3 Å². The van der Waals surface area contributed by atoms with Gasteiger partial charge in [0.25, 0.3) is 0 Å². The summed E-state index contributed by atoms with van der Waals surface area (Å²) in [5.41, 5.74) is 12.4. The first-order valence-corrected chi connectivity index (χ1v) is 16.7. The van der Waals surface area contributed by atoms with E-state index in [2.05, 4.69) is 180 Å². The molecule has 1 aromatic heterocycles. The van der Waals surface area contributed by atoms with Crippen LogP contribution < -0.4 is 9.80 Å². The number of hydrogen-bond donors (Lipinski definition) is 0. The van der Waals surface area contributed by atoms with E-state index < -0.39 is 0 Å². The quantitative estimate of drug-likeness (QED) is 0.194. The van der Waals surface area contributed by atoms with Crippen molar-refractivity contribution < 1.29 is 0 Å². The summed E-state index contributed by atoms with van der Waals surface area (Å²) in [7, 11) is 0. The molecule has 0 saturated heterocycles. The molecule has 6 heteroatoms.